The smallest absolute Gasteiger partial charge is 0.294 e. The maximum Gasteiger partial charge on any atom is 0.294 e. The lowest BCUT2D eigenvalue weighted by Crippen LogP contribution is -2.39. The zero-order valence-corrected chi connectivity index (χ0v) is 16.0. The van der Waals surface area contributed by atoms with Gasteiger partial charge in [0.25, 0.3) is 11.1 Å². The highest BCUT2D eigenvalue weighted by Crippen LogP contribution is 2.32. The fraction of sp³-hybridized carbons (Fsp3) is 0.105. The molecule has 132 valence electrons. The van der Waals surface area contributed by atoms with Crippen LogP contribution in [0.3, 0.4) is 0 Å². The van der Waals surface area contributed by atoms with Crippen LogP contribution in [0, 0.1) is 0 Å². The zero-order chi connectivity index (χ0) is 18.5. The first kappa shape index (κ1) is 18.4. The average molecular weight is 431 g/mol. The molecule has 0 spiro atoms. The van der Waals surface area contributed by atoms with Crippen molar-refractivity contribution in [1.82, 2.24) is 10.2 Å². The van der Waals surface area contributed by atoms with E-state index in [1.165, 1.54) is 0 Å². The average Bonchev–Trinajstić information content (AvgIpc) is 2.90. The van der Waals surface area contributed by atoms with Crippen LogP contribution in [0.4, 0.5) is 4.79 Å². The quantitative estimate of drug-likeness (QED) is 0.732. The summed E-state index contributed by atoms with van der Waals surface area (Å²) >= 11 is 4.19. The Morgan fingerprint density at radius 3 is 2.46 bits per heavy atom. The van der Waals surface area contributed by atoms with E-state index >= 15 is 0 Å². The number of hydrogen-bond acceptors (Lipinski definition) is 4. The van der Waals surface area contributed by atoms with E-state index in [1.807, 2.05) is 54.6 Å². The fourth-order valence-corrected chi connectivity index (χ4v) is 3.45. The molecule has 1 N–H and O–H groups in total. The van der Waals surface area contributed by atoms with Crippen LogP contribution in [0.5, 0.6) is 0 Å². The van der Waals surface area contributed by atoms with E-state index in [1.54, 1.807) is 6.08 Å². The van der Waals surface area contributed by atoms with Crippen molar-refractivity contribution in [1.29, 1.82) is 0 Å². The Hall–Kier alpha value is -2.38. The molecule has 0 atom stereocenters. The molecule has 1 aliphatic rings. The molecule has 1 fully saturated rings. The third-order valence-corrected chi connectivity index (χ3v) is 5.11. The zero-order valence-electron chi connectivity index (χ0n) is 13.6. The molecule has 1 heterocycles. The van der Waals surface area contributed by atoms with Crippen molar-refractivity contribution in [3.05, 3.63) is 75.1 Å². The van der Waals surface area contributed by atoms with Crippen LogP contribution in [-0.4, -0.2) is 28.5 Å². The monoisotopic (exact) mass is 430 g/mol. The number of thioether (sulfide) groups is 1. The number of nitrogens with one attached hydrogen (secondary N) is 1. The molecular formula is C19H15BrN2O3S. The molecule has 0 saturated carbocycles. The summed E-state index contributed by atoms with van der Waals surface area (Å²) in [6.45, 7) is 0.0693. The van der Waals surface area contributed by atoms with Crippen molar-refractivity contribution in [2.24, 2.45) is 0 Å². The first-order valence-corrected chi connectivity index (χ1v) is 9.45. The highest BCUT2D eigenvalue weighted by atomic mass is 79.9. The van der Waals surface area contributed by atoms with Gasteiger partial charge in [-0.2, -0.15) is 0 Å². The summed E-state index contributed by atoms with van der Waals surface area (Å²) in [7, 11) is 0. The molecule has 3 amide bonds. The van der Waals surface area contributed by atoms with Gasteiger partial charge in [0, 0.05) is 11.0 Å². The molecule has 3 rings (SSSR count). The van der Waals surface area contributed by atoms with Crippen LogP contribution in [0.15, 0.2) is 64.0 Å². The third kappa shape index (κ3) is 4.62. The Morgan fingerprint density at radius 2 is 1.77 bits per heavy atom. The minimum Gasteiger partial charge on any atom is -0.350 e. The number of rotatable bonds is 5. The Balaban J connectivity index is 1.61. The van der Waals surface area contributed by atoms with E-state index in [-0.39, 0.29) is 12.5 Å². The van der Waals surface area contributed by atoms with E-state index < -0.39 is 11.1 Å². The second-order valence-corrected chi connectivity index (χ2v) is 7.49. The number of nitrogens with zero attached hydrogens (tertiary/aromatic N) is 1. The highest BCUT2D eigenvalue weighted by Gasteiger charge is 2.36. The maximum absolute atomic E-state index is 12.4. The number of carbonyl (C=O) groups excluding carboxylic acids is 3. The molecule has 0 bridgehead atoms. The standard InChI is InChI=1S/C19H15BrN2O3S/c20-15-8-6-13(7-9-15)10-16-18(24)22(19(25)26-16)12-17(23)21-11-14-4-2-1-3-5-14/h1-10H,11-12H2,(H,21,23)/b16-10-. The van der Waals surface area contributed by atoms with Crippen molar-refractivity contribution >= 4 is 50.8 Å². The molecule has 2 aromatic rings. The van der Waals surface area contributed by atoms with Gasteiger partial charge in [-0.25, -0.2) is 0 Å². The molecule has 2 aromatic carbocycles. The first-order valence-electron chi connectivity index (χ1n) is 7.84. The Bertz CT molecular complexity index is 866. The topological polar surface area (TPSA) is 66.5 Å². The van der Waals surface area contributed by atoms with Crippen molar-refractivity contribution in [3.8, 4) is 0 Å². The lowest BCUT2D eigenvalue weighted by atomic mass is 10.2. The Labute approximate surface area is 163 Å². The largest absolute Gasteiger partial charge is 0.350 e. The van der Waals surface area contributed by atoms with Crippen molar-refractivity contribution in [3.63, 3.8) is 0 Å². The predicted octanol–water partition coefficient (Wildman–Crippen LogP) is 3.80. The van der Waals surface area contributed by atoms with Crippen LogP contribution >= 0.6 is 27.7 Å². The van der Waals surface area contributed by atoms with Gasteiger partial charge in [0.05, 0.1) is 4.91 Å². The number of hydrogen-bond donors (Lipinski definition) is 1. The second-order valence-electron chi connectivity index (χ2n) is 5.58. The molecule has 7 heteroatoms. The number of halogens is 1. The SMILES string of the molecule is O=C(CN1C(=O)S/C(=C\c2ccc(Br)cc2)C1=O)NCc1ccccc1. The number of benzene rings is 2. The van der Waals surface area contributed by atoms with Crippen LogP contribution in [-0.2, 0) is 16.1 Å². The van der Waals surface area contributed by atoms with Crippen LogP contribution in [0.1, 0.15) is 11.1 Å². The molecule has 0 aliphatic carbocycles. The van der Waals surface area contributed by atoms with Gasteiger partial charge in [0.1, 0.15) is 6.54 Å². The van der Waals surface area contributed by atoms with E-state index in [0.717, 1.165) is 32.3 Å². The third-order valence-electron chi connectivity index (χ3n) is 3.68. The van der Waals surface area contributed by atoms with Gasteiger partial charge in [-0.1, -0.05) is 58.4 Å². The fourth-order valence-electron chi connectivity index (χ4n) is 2.34. The molecular weight excluding hydrogens is 416 g/mol. The van der Waals surface area contributed by atoms with Crippen molar-refractivity contribution in [2.45, 2.75) is 6.54 Å². The van der Waals surface area contributed by atoms with E-state index in [9.17, 15) is 14.4 Å². The lowest BCUT2D eigenvalue weighted by molar-refractivity contribution is -0.129. The maximum atomic E-state index is 12.4. The summed E-state index contributed by atoms with van der Waals surface area (Å²) in [4.78, 5) is 37.9. The number of amides is 3. The molecule has 1 saturated heterocycles. The summed E-state index contributed by atoms with van der Waals surface area (Å²) in [5.74, 6) is -0.821. The van der Waals surface area contributed by atoms with Crippen molar-refractivity contribution < 1.29 is 14.4 Å². The van der Waals surface area contributed by atoms with Crippen LogP contribution < -0.4 is 5.32 Å². The van der Waals surface area contributed by atoms with Gasteiger partial charge < -0.3 is 5.32 Å². The van der Waals surface area contributed by atoms with E-state index in [4.69, 9.17) is 0 Å². The van der Waals surface area contributed by atoms with Gasteiger partial charge in [0.15, 0.2) is 0 Å². The summed E-state index contributed by atoms with van der Waals surface area (Å²) < 4.78 is 0.929. The molecule has 26 heavy (non-hydrogen) atoms. The van der Waals surface area contributed by atoms with E-state index in [0.29, 0.717) is 11.4 Å². The van der Waals surface area contributed by atoms with Gasteiger partial charge in [0.2, 0.25) is 5.91 Å². The summed E-state index contributed by atoms with van der Waals surface area (Å²) in [5.41, 5.74) is 1.76. The summed E-state index contributed by atoms with van der Waals surface area (Å²) in [6.07, 6.45) is 1.65. The van der Waals surface area contributed by atoms with E-state index in [2.05, 4.69) is 21.2 Å². The molecule has 5 nitrogen and oxygen atoms in total. The lowest BCUT2D eigenvalue weighted by Gasteiger charge is -2.12. The molecule has 0 aromatic heterocycles. The van der Waals surface area contributed by atoms with Crippen molar-refractivity contribution in [2.75, 3.05) is 6.54 Å². The highest BCUT2D eigenvalue weighted by molar-refractivity contribution is 9.10. The van der Waals surface area contributed by atoms with Gasteiger partial charge in [-0.15, -0.1) is 0 Å². The normalized spacial score (nSPS) is 15.6. The second kappa shape index (κ2) is 8.33. The summed E-state index contributed by atoms with van der Waals surface area (Å²) in [6, 6.07) is 16.8. The minimum absolute atomic E-state index is 0.283. The minimum atomic E-state index is -0.447. The Kier molecular flexibility index (Phi) is 5.90. The molecule has 0 radical (unpaired) electrons. The number of carbonyl (C=O) groups is 3. The summed E-state index contributed by atoms with van der Waals surface area (Å²) in [5, 5.41) is 2.28. The molecule has 0 unspecified atom stereocenters. The number of imide groups is 1. The Morgan fingerprint density at radius 1 is 1.08 bits per heavy atom. The molecule has 1 aliphatic heterocycles. The van der Waals surface area contributed by atoms with Gasteiger partial charge >= 0.3 is 0 Å². The first-order chi connectivity index (χ1) is 12.5. The van der Waals surface area contributed by atoms with Crippen LogP contribution in [0.25, 0.3) is 6.08 Å². The van der Waals surface area contributed by atoms with Gasteiger partial charge in [-0.05, 0) is 41.1 Å². The van der Waals surface area contributed by atoms with Gasteiger partial charge in [-0.3, -0.25) is 19.3 Å². The predicted molar refractivity (Wildman–Crippen MR) is 105 cm³/mol. The van der Waals surface area contributed by atoms with Crippen LogP contribution in [0.2, 0.25) is 0 Å².